The molecule has 3 heteroatoms. The smallest absolute Gasteiger partial charge is 0.137 e. The van der Waals surface area contributed by atoms with Crippen LogP contribution in [-0.2, 0) is 6.42 Å². The van der Waals surface area contributed by atoms with Gasteiger partial charge in [0.2, 0.25) is 0 Å². The molecule has 3 N–H and O–H groups in total. The van der Waals surface area contributed by atoms with Crippen LogP contribution >= 0.6 is 0 Å². The van der Waals surface area contributed by atoms with Gasteiger partial charge in [0.25, 0.3) is 0 Å². The van der Waals surface area contributed by atoms with Crippen molar-refractivity contribution in [2.24, 2.45) is 11.7 Å². The molecule has 138 valence electrons. The number of rotatable bonds is 8. The van der Waals surface area contributed by atoms with Gasteiger partial charge in [-0.05, 0) is 63.1 Å². The Labute approximate surface area is 152 Å². The first kappa shape index (κ1) is 19.6. The topological polar surface area (TPSA) is 55.5 Å². The molecule has 0 amide bonds. The second-order valence-corrected chi connectivity index (χ2v) is 7.33. The van der Waals surface area contributed by atoms with Gasteiger partial charge >= 0.3 is 0 Å². The van der Waals surface area contributed by atoms with Gasteiger partial charge in [-0.2, -0.15) is 0 Å². The van der Waals surface area contributed by atoms with Crippen molar-refractivity contribution in [2.75, 3.05) is 6.73 Å². The Hall–Kier alpha value is -1.74. The van der Waals surface area contributed by atoms with E-state index in [-0.39, 0.29) is 12.6 Å². The van der Waals surface area contributed by atoms with E-state index in [2.05, 4.69) is 39.5 Å². The average molecular weight is 344 g/mol. The van der Waals surface area contributed by atoms with Crippen LogP contribution in [0, 0.1) is 5.92 Å². The number of aryl methyl sites for hydroxylation is 1. The minimum Gasteiger partial charge on any atom is -0.507 e. The number of allylic oxidation sites excluding steroid dienone is 3. The van der Waals surface area contributed by atoms with Crippen LogP contribution in [0.25, 0.3) is 0 Å². The lowest BCUT2D eigenvalue weighted by atomic mass is 9.73. The third-order valence-corrected chi connectivity index (χ3v) is 5.20. The van der Waals surface area contributed by atoms with Crippen LogP contribution in [-0.4, -0.2) is 11.8 Å². The molecule has 1 aliphatic rings. The maximum Gasteiger partial charge on any atom is 0.137 e. The second kappa shape index (κ2) is 9.10. The Bertz CT molecular complexity index is 633. The molecule has 0 spiro atoms. The van der Waals surface area contributed by atoms with Crippen LogP contribution in [0.5, 0.6) is 11.5 Å². The van der Waals surface area contributed by atoms with Gasteiger partial charge in [-0.25, -0.2) is 0 Å². The number of hydrogen-bond acceptors (Lipinski definition) is 3. The largest absolute Gasteiger partial charge is 0.507 e. The monoisotopic (exact) mass is 343 g/mol. The summed E-state index contributed by atoms with van der Waals surface area (Å²) in [5.74, 6) is 1.45. The maximum atomic E-state index is 10.8. The molecule has 0 bridgehead atoms. The van der Waals surface area contributed by atoms with Crippen molar-refractivity contribution in [1.82, 2.24) is 0 Å². The fourth-order valence-electron chi connectivity index (χ4n) is 3.84. The Kier molecular flexibility index (Phi) is 7.12. The maximum absolute atomic E-state index is 10.8. The van der Waals surface area contributed by atoms with E-state index in [4.69, 9.17) is 10.5 Å². The highest BCUT2D eigenvalue weighted by Crippen LogP contribution is 2.46. The Morgan fingerprint density at radius 1 is 1.36 bits per heavy atom. The highest BCUT2D eigenvalue weighted by atomic mass is 16.5. The molecule has 25 heavy (non-hydrogen) atoms. The zero-order valence-electron chi connectivity index (χ0n) is 16.0. The summed E-state index contributed by atoms with van der Waals surface area (Å²) >= 11 is 0. The molecular weight excluding hydrogens is 310 g/mol. The summed E-state index contributed by atoms with van der Waals surface area (Å²) in [6.45, 7) is 10.7. The first-order valence-electron chi connectivity index (χ1n) is 9.49. The highest BCUT2D eigenvalue weighted by Gasteiger charge is 2.30. The van der Waals surface area contributed by atoms with E-state index in [1.807, 2.05) is 6.07 Å². The lowest BCUT2D eigenvalue weighted by Gasteiger charge is -2.32. The third-order valence-electron chi connectivity index (χ3n) is 5.20. The van der Waals surface area contributed by atoms with Crippen molar-refractivity contribution in [1.29, 1.82) is 0 Å². The molecule has 2 atom stereocenters. The molecule has 1 aromatic rings. The van der Waals surface area contributed by atoms with Crippen molar-refractivity contribution in [2.45, 2.75) is 65.2 Å². The van der Waals surface area contributed by atoms with Crippen molar-refractivity contribution in [3.63, 3.8) is 0 Å². The number of hydrogen-bond donors (Lipinski definition) is 2. The Balaban J connectivity index is 2.43. The molecule has 0 aliphatic heterocycles. The van der Waals surface area contributed by atoms with Crippen LogP contribution in [0.2, 0.25) is 0 Å². The Morgan fingerprint density at radius 3 is 2.76 bits per heavy atom. The number of ether oxygens (including phenoxy) is 1. The molecule has 0 unspecified atom stereocenters. The van der Waals surface area contributed by atoms with Crippen LogP contribution < -0.4 is 10.5 Å². The van der Waals surface area contributed by atoms with Gasteiger partial charge in [-0.3, -0.25) is 5.73 Å². The second-order valence-electron chi connectivity index (χ2n) is 7.33. The summed E-state index contributed by atoms with van der Waals surface area (Å²) in [6.07, 6.45) is 8.85. The van der Waals surface area contributed by atoms with E-state index < -0.39 is 0 Å². The number of benzene rings is 1. The summed E-state index contributed by atoms with van der Waals surface area (Å²) in [5, 5.41) is 10.8. The molecule has 1 aromatic carbocycles. The van der Waals surface area contributed by atoms with E-state index in [0.29, 0.717) is 11.7 Å². The summed E-state index contributed by atoms with van der Waals surface area (Å²) in [5.41, 5.74) is 10.1. The molecular formula is C22H33NO2. The molecule has 0 aromatic heterocycles. The number of unbranched alkanes of at least 4 members (excludes halogenated alkanes) is 2. The first-order chi connectivity index (χ1) is 12.0. The van der Waals surface area contributed by atoms with E-state index in [0.717, 1.165) is 48.1 Å². The normalized spacial score (nSPS) is 20.2. The number of phenolic OH excluding ortho intramolecular Hbond substituents is 1. The molecule has 0 saturated heterocycles. The predicted octanol–water partition coefficient (Wildman–Crippen LogP) is 5.44. The first-order valence-corrected chi connectivity index (χ1v) is 9.49. The zero-order valence-corrected chi connectivity index (χ0v) is 16.0. The quantitative estimate of drug-likeness (QED) is 0.375. The van der Waals surface area contributed by atoms with Crippen LogP contribution in [0.4, 0.5) is 0 Å². The van der Waals surface area contributed by atoms with Gasteiger partial charge < -0.3 is 9.84 Å². The van der Waals surface area contributed by atoms with Gasteiger partial charge in [-0.15, -0.1) is 0 Å². The van der Waals surface area contributed by atoms with Gasteiger partial charge in [-0.1, -0.05) is 43.6 Å². The van der Waals surface area contributed by atoms with Gasteiger partial charge in [0.1, 0.15) is 18.2 Å². The summed E-state index contributed by atoms with van der Waals surface area (Å²) in [6, 6.07) is 3.96. The molecule has 3 nitrogen and oxygen atoms in total. The fraction of sp³-hybridized carbons (Fsp3) is 0.545. The van der Waals surface area contributed by atoms with E-state index in [1.54, 1.807) is 0 Å². The average Bonchev–Trinajstić information content (AvgIpc) is 2.55. The number of nitrogens with two attached hydrogens (primary N) is 1. The van der Waals surface area contributed by atoms with Crippen molar-refractivity contribution < 1.29 is 9.84 Å². The molecule has 1 aliphatic carbocycles. The predicted molar refractivity (Wildman–Crippen MR) is 105 cm³/mol. The summed E-state index contributed by atoms with van der Waals surface area (Å²) < 4.78 is 5.74. The fourth-order valence-corrected chi connectivity index (χ4v) is 3.84. The van der Waals surface area contributed by atoms with E-state index in [1.165, 1.54) is 18.4 Å². The molecule has 0 heterocycles. The third kappa shape index (κ3) is 4.88. The van der Waals surface area contributed by atoms with Crippen LogP contribution in [0.15, 0.2) is 35.9 Å². The lowest BCUT2D eigenvalue weighted by molar-refractivity contribution is 0.316. The van der Waals surface area contributed by atoms with Gasteiger partial charge in [0.15, 0.2) is 0 Å². The van der Waals surface area contributed by atoms with Crippen molar-refractivity contribution in [3.8, 4) is 11.5 Å². The molecule has 0 saturated carbocycles. The van der Waals surface area contributed by atoms with Gasteiger partial charge in [0.05, 0.1) is 0 Å². The number of phenols is 1. The summed E-state index contributed by atoms with van der Waals surface area (Å²) in [7, 11) is 0. The summed E-state index contributed by atoms with van der Waals surface area (Å²) in [4.78, 5) is 0. The van der Waals surface area contributed by atoms with E-state index in [9.17, 15) is 5.11 Å². The minimum absolute atomic E-state index is 0.0949. The number of aromatic hydroxyl groups is 1. The highest BCUT2D eigenvalue weighted by molar-refractivity contribution is 5.52. The standard InChI is InChI=1S/C22H33NO2/c1-5-6-7-8-17-12-20(24)22(21(13-17)25-14-23)19-11-16(4)9-10-18(19)15(2)3/h11-13,18-19,24H,2,5-10,14,23H2,1,3-4H3/t18-,19+/m0/s1. The lowest BCUT2D eigenvalue weighted by Crippen LogP contribution is -2.19. The SMILES string of the molecule is C=C(C)[C@@H]1CCC(C)=C[C@H]1c1c(O)cc(CCCCC)cc1OCN. The van der Waals surface area contributed by atoms with E-state index >= 15 is 0 Å². The zero-order chi connectivity index (χ0) is 18.4. The molecule has 0 radical (unpaired) electrons. The Morgan fingerprint density at radius 2 is 2.12 bits per heavy atom. The van der Waals surface area contributed by atoms with Crippen molar-refractivity contribution in [3.05, 3.63) is 47.1 Å². The minimum atomic E-state index is 0.0949. The molecule has 0 fully saturated rings. The molecule has 2 rings (SSSR count). The van der Waals surface area contributed by atoms with Crippen molar-refractivity contribution >= 4 is 0 Å². The van der Waals surface area contributed by atoms with Crippen LogP contribution in [0.1, 0.15) is 69.9 Å². The van der Waals surface area contributed by atoms with Gasteiger partial charge in [0, 0.05) is 11.5 Å². The van der Waals surface area contributed by atoms with Crippen LogP contribution in [0.3, 0.4) is 0 Å².